The van der Waals surface area contributed by atoms with Gasteiger partial charge in [-0.05, 0) is 29.8 Å². The number of hydrogen-bond acceptors (Lipinski definition) is 3. The van der Waals surface area contributed by atoms with Crippen LogP contribution in [0.5, 0.6) is 0 Å². The largest absolute Gasteiger partial charge is 0.368 e. The number of hydrogen-bond donors (Lipinski definition) is 0. The molecule has 4 heteroatoms. The van der Waals surface area contributed by atoms with E-state index in [1.807, 2.05) is 23.1 Å². The Morgan fingerprint density at radius 3 is 2.29 bits per heavy atom. The number of amides is 1. The van der Waals surface area contributed by atoms with Crippen molar-refractivity contribution in [1.82, 2.24) is 9.88 Å². The second-order valence-corrected chi connectivity index (χ2v) is 5.24. The molecule has 1 amide bonds. The SMILES string of the molecule is O=C(Cc1ccncc1)N1CCN(c2ccccc2)CC1. The summed E-state index contributed by atoms with van der Waals surface area (Å²) in [5.41, 5.74) is 2.26. The van der Waals surface area contributed by atoms with Crippen LogP contribution in [-0.2, 0) is 11.2 Å². The van der Waals surface area contributed by atoms with Gasteiger partial charge in [-0.15, -0.1) is 0 Å². The molecule has 1 aromatic carbocycles. The number of aromatic nitrogens is 1. The third-order valence-electron chi connectivity index (χ3n) is 3.86. The number of anilines is 1. The molecule has 3 rings (SSSR count). The molecule has 0 radical (unpaired) electrons. The van der Waals surface area contributed by atoms with Crippen molar-refractivity contribution < 1.29 is 4.79 Å². The van der Waals surface area contributed by atoms with E-state index in [-0.39, 0.29) is 5.91 Å². The second-order valence-electron chi connectivity index (χ2n) is 5.24. The highest BCUT2D eigenvalue weighted by molar-refractivity contribution is 5.79. The maximum atomic E-state index is 12.3. The summed E-state index contributed by atoms with van der Waals surface area (Å²) in [6.07, 6.45) is 3.93. The summed E-state index contributed by atoms with van der Waals surface area (Å²) in [6.45, 7) is 3.37. The van der Waals surface area contributed by atoms with Crippen LogP contribution in [-0.4, -0.2) is 42.0 Å². The van der Waals surface area contributed by atoms with Gasteiger partial charge < -0.3 is 9.80 Å². The van der Waals surface area contributed by atoms with Gasteiger partial charge in [0.15, 0.2) is 0 Å². The van der Waals surface area contributed by atoms with Crippen molar-refractivity contribution >= 4 is 11.6 Å². The minimum absolute atomic E-state index is 0.203. The van der Waals surface area contributed by atoms with Crippen molar-refractivity contribution in [3.8, 4) is 0 Å². The predicted octanol–water partition coefficient (Wildman–Crippen LogP) is 1.97. The van der Waals surface area contributed by atoms with Gasteiger partial charge in [0.25, 0.3) is 0 Å². The van der Waals surface area contributed by atoms with Gasteiger partial charge in [0.1, 0.15) is 0 Å². The minimum Gasteiger partial charge on any atom is -0.368 e. The van der Waals surface area contributed by atoms with Crippen LogP contribution in [0.1, 0.15) is 5.56 Å². The van der Waals surface area contributed by atoms with Crippen LogP contribution in [0.2, 0.25) is 0 Å². The molecule has 0 saturated carbocycles. The number of piperazine rings is 1. The lowest BCUT2D eigenvalue weighted by molar-refractivity contribution is -0.130. The molecule has 0 unspecified atom stereocenters. The van der Waals surface area contributed by atoms with Crippen LogP contribution in [0, 0.1) is 0 Å². The lowest BCUT2D eigenvalue weighted by Crippen LogP contribution is -2.49. The van der Waals surface area contributed by atoms with E-state index < -0.39 is 0 Å². The Morgan fingerprint density at radius 1 is 0.952 bits per heavy atom. The van der Waals surface area contributed by atoms with Gasteiger partial charge in [0, 0.05) is 44.3 Å². The van der Waals surface area contributed by atoms with Crippen molar-refractivity contribution in [2.24, 2.45) is 0 Å². The van der Waals surface area contributed by atoms with E-state index in [9.17, 15) is 4.79 Å². The maximum Gasteiger partial charge on any atom is 0.227 e. The van der Waals surface area contributed by atoms with Crippen molar-refractivity contribution in [2.45, 2.75) is 6.42 Å². The first-order chi connectivity index (χ1) is 10.3. The molecule has 0 N–H and O–H groups in total. The van der Waals surface area contributed by atoms with E-state index in [0.29, 0.717) is 6.42 Å². The average molecular weight is 281 g/mol. The Bertz CT molecular complexity index is 577. The molecule has 4 nitrogen and oxygen atoms in total. The minimum atomic E-state index is 0.203. The van der Waals surface area contributed by atoms with Gasteiger partial charge in [-0.1, -0.05) is 18.2 Å². The van der Waals surface area contributed by atoms with Crippen molar-refractivity contribution in [1.29, 1.82) is 0 Å². The number of para-hydroxylation sites is 1. The molecule has 1 aliphatic heterocycles. The van der Waals surface area contributed by atoms with E-state index in [1.54, 1.807) is 12.4 Å². The monoisotopic (exact) mass is 281 g/mol. The Hall–Kier alpha value is -2.36. The zero-order chi connectivity index (χ0) is 14.5. The standard InChI is InChI=1S/C17H19N3O/c21-17(14-15-6-8-18-9-7-15)20-12-10-19(11-13-20)16-4-2-1-3-5-16/h1-9H,10-14H2. The number of carbonyl (C=O) groups is 1. The summed E-state index contributed by atoms with van der Waals surface area (Å²) < 4.78 is 0. The topological polar surface area (TPSA) is 36.4 Å². The van der Waals surface area contributed by atoms with Crippen LogP contribution in [0.15, 0.2) is 54.9 Å². The third-order valence-corrected chi connectivity index (χ3v) is 3.86. The fraction of sp³-hybridized carbons (Fsp3) is 0.294. The summed E-state index contributed by atoms with van der Waals surface area (Å²) in [5.74, 6) is 0.203. The van der Waals surface area contributed by atoms with Crippen LogP contribution >= 0.6 is 0 Å². The van der Waals surface area contributed by atoms with E-state index in [1.165, 1.54) is 5.69 Å². The predicted molar refractivity (Wildman–Crippen MR) is 83.2 cm³/mol. The van der Waals surface area contributed by atoms with Crippen LogP contribution < -0.4 is 4.90 Å². The molecule has 2 aromatic rings. The third kappa shape index (κ3) is 3.40. The highest BCUT2D eigenvalue weighted by Gasteiger charge is 2.21. The van der Waals surface area contributed by atoms with Crippen LogP contribution in [0.4, 0.5) is 5.69 Å². The molecule has 1 fully saturated rings. The van der Waals surface area contributed by atoms with Gasteiger partial charge in [0.2, 0.25) is 5.91 Å². The summed E-state index contributed by atoms with van der Waals surface area (Å²) >= 11 is 0. The smallest absolute Gasteiger partial charge is 0.227 e. The molecule has 0 aliphatic carbocycles. The summed E-state index contributed by atoms with van der Waals surface area (Å²) in [5, 5.41) is 0. The molecule has 1 aromatic heterocycles. The van der Waals surface area contributed by atoms with E-state index >= 15 is 0 Å². The van der Waals surface area contributed by atoms with Crippen molar-refractivity contribution in [2.75, 3.05) is 31.1 Å². The molecule has 21 heavy (non-hydrogen) atoms. The van der Waals surface area contributed by atoms with Crippen LogP contribution in [0.25, 0.3) is 0 Å². The van der Waals surface area contributed by atoms with Gasteiger partial charge in [-0.2, -0.15) is 0 Å². The molecular formula is C17H19N3O. The normalized spacial score (nSPS) is 15.0. The highest BCUT2D eigenvalue weighted by atomic mass is 16.2. The lowest BCUT2D eigenvalue weighted by atomic mass is 10.1. The highest BCUT2D eigenvalue weighted by Crippen LogP contribution is 2.16. The summed E-state index contributed by atoms with van der Waals surface area (Å²) in [6, 6.07) is 14.2. The summed E-state index contributed by atoms with van der Waals surface area (Å²) in [4.78, 5) is 20.6. The second kappa shape index (κ2) is 6.39. The van der Waals surface area contributed by atoms with Gasteiger partial charge in [-0.3, -0.25) is 9.78 Å². The van der Waals surface area contributed by atoms with E-state index in [4.69, 9.17) is 0 Å². The Kier molecular flexibility index (Phi) is 4.15. The fourth-order valence-corrected chi connectivity index (χ4v) is 2.64. The first kappa shape index (κ1) is 13.6. The first-order valence-corrected chi connectivity index (χ1v) is 7.29. The summed E-state index contributed by atoms with van der Waals surface area (Å²) in [7, 11) is 0. The first-order valence-electron chi connectivity index (χ1n) is 7.29. The molecule has 1 aliphatic rings. The molecule has 0 bridgehead atoms. The number of pyridine rings is 1. The lowest BCUT2D eigenvalue weighted by Gasteiger charge is -2.36. The average Bonchev–Trinajstić information content (AvgIpc) is 2.57. The molecule has 1 saturated heterocycles. The van der Waals surface area contributed by atoms with Gasteiger partial charge in [-0.25, -0.2) is 0 Å². The number of carbonyl (C=O) groups excluding carboxylic acids is 1. The van der Waals surface area contributed by atoms with E-state index in [0.717, 1.165) is 31.7 Å². The molecule has 0 atom stereocenters. The Morgan fingerprint density at radius 2 is 1.62 bits per heavy atom. The number of rotatable bonds is 3. The number of benzene rings is 1. The van der Waals surface area contributed by atoms with Gasteiger partial charge >= 0.3 is 0 Å². The van der Waals surface area contributed by atoms with E-state index in [2.05, 4.69) is 34.1 Å². The maximum absolute atomic E-state index is 12.3. The Balaban J connectivity index is 1.55. The fourth-order valence-electron chi connectivity index (χ4n) is 2.64. The van der Waals surface area contributed by atoms with Crippen molar-refractivity contribution in [3.05, 3.63) is 60.4 Å². The quantitative estimate of drug-likeness (QED) is 0.863. The molecule has 108 valence electrons. The zero-order valence-corrected chi connectivity index (χ0v) is 12.0. The molecular weight excluding hydrogens is 262 g/mol. The number of nitrogens with zero attached hydrogens (tertiary/aromatic N) is 3. The molecule has 2 heterocycles. The van der Waals surface area contributed by atoms with Crippen LogP contribution in [0.3, 0.4) is 0 Å². The van der Waals surface area contributed by atoms with Gasteiger partial charge in [0.05, 0.1) is 6.42 Å². The zero-order valence-electron chi connectivity index (χ0n) is 12.0. The Labute approximate surface area is 125 Å². The van der Waals surface area contributed by atoms with Crippen molar-refractivity contribution in [3.63, 3.8) is 0 Å². The molecule has 0 spiro atoms.